The van der Waals surface area contributed by atoms with Gasteiger partial charge in [-0.2, -0.15) is 0 Å². The molecule has 0 N–H and O–H groups in total. The second-order valence-electron chi connectivity index (χ2n) is 6.45. The van der Waals surface area contributed by atoms with Gasteiger partial charge in [0, 0.05) is 32.7 Å². The van der Waals surface area contributed by atoms with E-state index >= 15 is 0 Å². The van der Waals surface area contributed by atoms with E-state index in [1.54, 1.807) is 23.9 Å². The van der Waals surface area contributed by atoms with Crippen LogP contribution in [-0.4, -0.2) is 53.8 Å². The number of benzene rings is 1. The van der Waals surface area contributed by atoms with Crippen molar-refractivity contribution in [1.29, 1.82) is 0 Å². The molecule has 1 heterocycles. The van der Waals surface area contributed by atoms with Crippen LogP contribution in [0.5, 0.6) is 0 Å². The van der Waals surface area contributed by atoms with E-state index in [9.17, 15) is 9.59 Å². The van der Waals surface area contributed by atoms with E-state index in [-0.39, 0.29) is 17.5 Å². The van der Waals surface area contributed by atoms with Gasteiger partial charge >= 0.3 is 0 Å². The Morgan fingerprint density at radius 2 is 1.56 bits per heavy atom. The van der Waals surface area contributed by atoms with Crippen molar-refractivity contribution >= 4 is 11.8 Å². The third-order valence-electron chi connectivity index (χ3n) is 4.22. The second kappa shape index (κ2) is 7.96. The van der Waals surface area contributed by atoms with E-state index in [0.717, 1.165) is 22.3 Å². The van der Waals surface area contributed by atoms with Crippen LogP contribution in [0.3, 0.4) is 0 Å². The van der Waals surface area contributed by atoms with Gasteiger partial charge in [0.2, 0.25) is 0 Å². The fourth-order valence-electron chi connectivity index (χ4n) is 2.97. The summed E-state index contributed by atoms with van der Waals surface area (Å²) in [5.41, 5.74) is 4.19. The fourth-order valence-corrected chi connectivity index (χ4v) is 2.97. The quantitative estimate of drug-likeness (QED) is 0.809. The molecule has 0 saturated heterocycles. The topological polar surface area (TPSA) is 66.7 Å². The molecule has 0 atom stereocenters. The lowest BCUT2D eigenvalue weighted by atomic mass is 9.99. The Morgan fingerprint density at radius 3 is 2.08 bits per heavy atom. The first kappa shape index (κ1) is 18.7. The summed E-state index contributed by atoms with van der Waals surface area (Å²) < 4.78 is 4.83. The van der Waals surface area contributed by atoms with Crippen molar-refractivity contribution in [3.05, 3.63) is 52.7 Å². The van der Waals surface area contributed by atoms with Gasteiger partial charge < -0.3 is 14.2 Å². The summed E-state index contributed by atoms with van der Waals surface area (Å²) in [6.07, 6.45) is 3.25. The minimum absolute atomic E-state index is 0.0143. The SMILES string of the molecule is Cc1cc(C)c(C(=O)N(C)CCCN(C)C(=O)c2cocn2)c(C)c1. The van der Waals surface area contributed by atoms with Crippen molar-refractivity contribution in [1.82, 2.24) is 14.8 Å². The average Bonchev–Trinajstić information content (AvgIpc) is 3.07. The number of rotatable bonds is 6. The zero-order chi connectivity index (χ0) is 18.6. The van der Waals surface area contributed by atoms with Crippen LogP contribution in [0.1, 0.15) is 44.0 Å². The lowest BCUT2D eigenvalue weighted by Gasteiger charge is -2.22. The maximum atomic E-state index is 12.7. The van der Waals surface area contributed by atoms with E-state index in [2.05, 4.69) is 4.98 Å². The Labute approximate surface area is 148 Å². The third-order valence-corrected chi connectivity index (χ3v) is 4.22. The van der Waals surface area contributed by atoms with Gasteiger partial charge in [-0.25, -0.2) is 4.98 Å². The molecule has 25 heavy (non-hydrogen) atoms. The van der Waals surface area contributed by atoms with Crippen LogP contribution in [0.25, 0.3) is 0 Å². The van der Waals surface area contributed by atoms with Crippen molar-refractivity contribution in [2.24, 2.45) is 0 Å². The predicted molar refractivity (Wildman–Crippen MR) is 95.7 cm³/mol. The molecule has 2 aromatic rings. The van der Waals surface area contributed by atoms with Crippen LogP contribution < -0.4 is 0 Å². The van der Waals surface area contributed by atoms with Gasteiger partial charge in [-0.15, -0.1) is 0 Å². The molecular formula is C19H25N3O3. The number of oxazole rings is 1. The standard InChI is InChI=1S/C19H25N3O3/c1-13-9-14(2)17(15(3)10-13)19(24)22(5)8-6-7-21(4)18(23)16-11-25-12-20-16/h9-12H,6-8H2,1-5H3. The molecule has 0 spiro atoms. The first-order valence-electron chi connectivity index (χ1n) is 8.28. The Hall–Kier alpha value is -2.63. The lowest BCUT2D eigenvalue weighted by molar-refractivity contribution is 0.0761. The number of carbonyl (C=O) groups is 2. The van der Waals surface area contributed by atoms with Gasteiger partial charge in [0.25, 0.3) is 11.8 Å². The van der Waals surface area contributed by atoms with Crippen LogP contribution in [0.15, 0.2) is 29.2 Å². The number of aryl methyl sites for hydroxylation is 3. The van der Waals surface area contributed by atoms with Gasteiger partial charge in [-0.3, -0.25) is 9.59 Å². The smallest absolute Gasteiger partial charge is 0.275 e. The molecule has 0 unspecified atom stereocenters. The molecule has 1 aromatic carbocycles. The summed E-state index contributed by atoms with van der Waals surface area (Å²) in [5.74, 6) is -0.173. The predicted octanol–water partition coefficient (Wildman–Crippen LogP) is 2.83. The van der Waals surface area contributed by atoms with Crippen LogP contribution in [0, 0.1) is 20.8 Å². The van der Waals surface area contributed by atoms with Gasteiger partial charge in [0.1, 0.15) is 6.26 Å². The summed E-state index contributed by atoms with van der Waals surface area (Å²) in [7, 11) is 3.51. The van der Waals surface area contributed by atoms with E-state index in [4.69, 9.17) is 4.42 Å². The number of hydrogen-bond donors (Lipinski definition) is 0. The molecule has 134 valence electrons. The summed E-state index contributed by atoms with van der Waals surface area (Å²) >= 11 is 0. The highest BCUT2D eigenvalue weighted by molar-refractivity contribution is 5.97. The Bertz CT molecular complexity index is 730. The van der Waals surface area contributed by atoms with E-state index in [1.165, 1.54) is 12.7 Å². The normalized spacial score (nSPS) is 10.6. The van der Waals surface area contributed by atoms with Crippen molar-refractivity contribution in [3.63, 3.8) is 0 Å². The molecule has 1 aromatic heterocycles. The van der Waals surface area contributed by atoms with Crippen LogP contribution in [0.2, 0.25) is 0 Å². The van der Waals surface area contributed by atoms with Gasteiger partial charge in [-0.05, 0) is 38.3 Å². The zero-order valence-corrected chi connectivity index (χ0v) is 15.5. The molecule has 2 amide bonds. The first-order valence-corrected chi connectivity index (χ1v) is 8.28. The van der Waals surface area contributed by atoms with Crippen molar-refractivity contribution in [2.75, 3.05) is 27.2 Å². The van der Waals surface area contributed by atoms with Crippen molar-refractivity contribution in [3.8, 4) is 0 Å². The maximum Gasteiger partial charge on any atom is 0.275 e. The Balaban J connectivity index is 1.91. The average molecular weight is 343 g/mol. The summed E-state index contributed by atoms with van der Waals surface area (Å²) in [4.78, 5) is 31.9. The highest BCUT2D eigenvalue weighted by Crippen LogP contribution is 2.18. The van der Waals surface area contributed by atoms with E-state index in [0.29, 0.717) is 19.5 Å². The largest absolute Gasteiger partial charge is 0.451 e. The molecular weight excluding hydrogens is 318 g/mol. The lowest BCUT2D eigenvalue weighted by Crippen LogP contribution is -2.33. The summed E-state index contributed by atoms with van der Waals surface area (Å²) in [5, 5.41) is 0. The molecule has 0 aliphatic carbocycles. The molecule has 0 fully saturated rings. The minimum Gasteiger partial charge on any atom is -0.451 e. The Kier molecular flexibility index (Phi) is 5.96. The summed E-state index contributed by atoms with van der Waals surface area (Å²) in [6.45, 7) is 7.06. The van der Waals surface area contributed by atoms with Gasteiger partial charge in [0.15, 0.2) is 12.1 Å². The van der Waals surface area contributed by atoms with Crippen LogP contribution in [-0.2, 0) is 0 Å². The maximum absolute atomic E-state index is 12.7. The molecule has 2 rings (SSSR count). The highest BCUT2D eigenvalue weighted by atomic mass is 16.3. The highest BCUT2D eigenvalue weighted by Gasteiger charge is 2.18. The fraction of sp³-hybridized carbons (Fsp3) is 0.421. The van der Waals surface area contributed by atoms with E-state index in [1.807, 2.05) is 32.9 Å². The molecule has 0 aliphatic rings. The Morgan fingerprint density at radius 1 is 1.00 bits per heavy atom. The number of nitrogens with zero attached hydrogens (tertiary/aromatic N) is 3. The van der Waals surface area contributed by atoms with E-state index < -0.39 is 0 Å². The third kappa shape index (κ3) is 4.47. The molecule has 0 bridgehead atoms. The number of amides is 2. The van der Waals surface area contributed by atoms with Crippen molar-refractivity contribution < 1.29 is 14.0 Å². The minimum atomic E-state index is -0.187. The molecule has 0 aliphatic heterocycles. The number of hydrogen-bond acceptors (Lipinski definition) is 4. The monoisotopic (exact) mass is 343 g/mol. The molecule has 6 heteroatoms. The van der Waals surface area contributed by atoms with Crippen molar-refractivity contribution in [2.45, 2.75) is 27.2 Å². The van der Waals surface area contributed by atoms with Gasteiger partial charge in [0.05, 0.1) is 0 Å². The second-order valence-corrected chi connectivity index (χ2v) is 6.45. The van der Waals surface area contributed by atoms with Gasteiger partial charge in [-0.1, -0.05) is 17.7 Å². The molecule has 0 saturated carbocycles. The van der Waals surface area contributed by atoms with Crippen LogP contribution in [0.4, 0.5) is 0 Å². The number of aromatic nitrogens is 1. The zero-order valence-electron chi connectivity index (χ0n) is 15.5. The molecule has 0 radical (unpaired) electrons. The number of carbonyl (C=O) groups excluding carboxylic acids is 2. The molecule has 6 nitrogen and oxygen atoms in total. The summed E-state index contributed by atoms with van der Waals surface area (Å²) in [6, 6.07) is 4.05. The first-order chi connectivity index (χ1) is 11.8. The van der Waals surface area contributed by atoms with Crippen LogP contribution >= 0.6 is 0 Å².